The van der Waals surface area contributed by atoms with Crippen LogP contribution in [-0.2, 0) is 0 Å². The van der Waals surface area contributed by atoms with E-state index in [2.05, 4.69) is 61.4 Å². The Hall–Kier alpha value is -1.41. The number of hydrogen-bond donors (Lipinski definition) is 1. The van der Waals surface area contributed by atoms with E-state index in [9.17, 15) is 0 Å². The Labute approximate surface area is 109 Å². The van der Waals surface area contributed by atoms with Crippen LogP contribution in [0.2, 0.25) is 0 Å². The molecule has 0 amide bonds. The van der Waals surface area contributed by atoms with Gasteiger partial charge in [-0.3, -0.25) is 4.98 Å². The lowest BCUT2D eigenvalue weighted by Gasteiger charge is -2.23. The van der Waals surface area contributed by atoms with Crippen molar-refractivity contribution >= 4 is 10.8 Å². The maximum atomic E-state index is 4.62. The molecule has 1 heterocycles. The topological polar surface area (TPSA) is 24.9 Å². The van der Waals surface area contributed by atoms with Crippen LogP contribution >= 0.6 is 0 Å². The van der Waals surface area contributed by atoms with Crippen LogP contribution in [0.25, 0.3) is 10.8 Å². The molecule has 0 radical (unpaired) electrons. The zero-order valence-electron chi connectivity index (χ0n) is 11.5. The van der Waals surface area contributed by atoms with E-state index in [4.69, 9.17) is 0 Å². The van der Waals surface area contributed by atoms with Crippen LogP contribution in [0.15, 0.2) is 36.5 Å². The summed E-state index contributed by atoms with van der Waals surface area (Å²) in [6.45, 7) is 7.72. The second-order valence-corrected chi connectivity index (χ2v) is 5.09. The molecule has 96 valence electrons. The minimum atomic E-state index is 0.330. The van der Waals surface area contributed by atoms with Gasteiger partial charge in [-0.2, -0.15) is 0 Å². The first kappa shape index (κ1) is 13.0. The van der Waals surface area contributed by atoms with Crippen LogP contribution in [0.3, 0.4) is 0 Å². The fourth-order valence-corrected chi connectivity index (χ4v) is 2.34. The van der Waals surface area contributed by atoms with Gasteiger partial charge in [0, 0.05) is 11.6 Å². The summed E-state index contributed by atoms with van der Waals surface area (Å²) in [6.07, 6.45) is 3.06. The first-order chi connectivity index (χ1) is 8.74. The van der Waals surface area contributed by atoms with Crippen molar-refractivity contribution in [3.8, 4) is 0 Å². The van der Waals surface area contributed by atoms with Crippen molar-refractivity contribution < 1.29 is 0 Å². The third kappa shape index (κ3) is 2.70. The summed E-state index contributed by atoms with van der Waals surface area (Å²) in [5.74, 6) is 0.537. The Kier molecular flexibility index (Phi) is 4.32. The fraction of sp³-hybridized carbons (Fsp3) is 0.438. The second kappa shape index (κ2) is 5.96. The summed E-state index contributed by atoms with van der Waals surface area (Å²) in [7, 11) is 0. The van der Waals surface area contributed by atoms with Crippen LogP contribution in [-0.4, -0.2) is 11.5 Å². The molecule has 0 aliphatic carbocycles. The predicted molar refractivity (Wildman–Crippen MR) is 77.6 cm³/mol. The van der Waals surface area contributed by atoms with Gasteiger partial charge in [-0.15, -0.1) is 0 Å². The van der Waals surface area contributed by atoms with Crippen molar-refractivity contribution in [1.82, 2.24) is 10.3 Å². The number of rotatable bonds is 5. The van der Waals surface area contributed by atoms with E-state index >= 15 is 0 Å². The quantitative estimate of drug-likeness (QED) is 0.859. The number of pyridine rings is 1. The van der Waals surface area contributed by atoms with Crippen molar-refractivity contribution in [2.75, 3.05) is 6.54 Å². The lowest BCUT2D eigenvalue weighted by Crippen LogP contribution is -2.27. The molecule has 0 aliphatic rings. The van der Waals surface area contributed by atoms with Gasteiger partial charge >= 0.3 is 0 Å². The highest BCUT2D eigenvalue weighted by Crippen LogP contribution is 2.26. The number of fused-ring (bicyclic) bond motifs is 1. The van der Waals surface area contributed by atoms with E-state index in [1.807, 2.05) is 6.20 Å². The summed E-state index contributed by atoms with van der Waals surface area (Å²) in [5.41, 5.74) is 1.18. The number of nitrogens with zero attached hydrogens (tertiary/aromatic N) is 1. The lowest BCUT2D eigenvalue weighted by atomic mass is 9.96. The Bertz CT molecular complexity index is 500. The van der Waals surface area contributed by atoms with Gasteiger partial charge in [0.1, 0.15) is 0 Å². The molecule has 1 unspecified atom stereocenters. The smallest absolute Gasteiger partial charge is 0.0653 e. The number of aromatic nitrogens is 1. The van der Waals surface area contributed by atoms with Crippen molar-refractivity contribution in [2.45, 2.75) is 33.2 Å². The normalized spacial score (nSPS) is 13.1. The van der Waals surface area contributed by atoms with Gasteiger partial charge in [0.15, 0.2) is 0 Å². The molecule has 2 rings (SSSR count). The first-order valence-electron chi connectivity index (χ1n) is 6.81. The third-order valence-electron chi connectivity index (χ3n) is 3.28. The fourth-order valence-electron chi connectivity index (χ4n) is 2.34. The average molecular weight is 242 g/mol. The van der Waals surface area contributed by atoms with E-state index in [-0.39, 0.29) is 0 Å². The number of benzene rings is 1. The lowest BCUT2D eigenvalue weighted by molar-refractivity contribution is 0.407. The van der Waals surface area contributed by atoms with Gasteiger partial charge in [-0.1, -0.05) is 45.0 Å². The highest BCUT2D eigenvalue weighted by molar-refractivity contribution is 5.84. The molecular formula is C16H22N2. The van der Waals surface area contributed by atoms with Gasteiger partial charge in [-0.25, -0.2) is 0 Å². The number of hydrogen-bond acceptors (Lipinski definition) is 2. The molecule has 0 saturated carbocycles. The largest absolute Gasteiger partial charge is 0.308 e. The maximum Gasteiger partial charge on any atom is 0.0653 e. The molecule has 1 aromatic heterocycles. The third-order valence-corrected chi connectivity index (χ3v) is 3.28. The molecule has 18 heavy (non-hydrogen) atoms. The Balaban J connectivity index is 2.43. The zero-order valence-corrected chi connectivity index (χ0v) is 11.5. The zero-order chi connectivity index (χ0) is 13.0. The van der Waals surface area contributed by atoms with E-state index < -0.39 is 0 Å². The molecule has 0 fully saturated rings. The molecule has 0 saturated heterocycles. The molecule has 1 N–H and O–H groups in total. The Morgan fingerprint density at radius 2 is 1.94 bits per heavy atom. The molecule has 0 aliphatic heterocycles. The number of nitrogens with one attached hydrogen (secondary N) is 1. The van der Waals surface area contributed by atoms with Gasteiger partial charge < -0.3 is 5.32 Å². The molecule has 2 aromatic rings. The van der Waals surface area contributed by atoms with Crippen molar-refractivity contribution in [1.29, 1.82) is 0 Å². The summed E-state index contributed by atoms with van der Waals surface area (Å²) < 4.78 is 0. The molecule has 2 heteroatoms. The summed E-state index contributed by atoms with van der Waals surface area (Å²) in [6, 6.07) is 10.9. The Morgan fingerprint density at radius 3 is 2.67 bits per heavy atom. The maximum absolute atomic E-state index is 4.62. The molecule has 1 atom stereocenters. The van der Waals surface area contributed by atoms with Crippen molar-refractivity contribution in [3.05, 3.63) is 42.2 Å². The average Bonchev–Trinajstić information content (AvgIpc) is 2.39. The van der Waals surface area contributed by atoms with Crippen LogP contribution in [0.5, 0.6) is 0 Å². The van der Waals surface area contributed by atoms with E-state index in [1.165, 1.54) is 16.5 Å². The summed E-state index contributed by atoms with van der Waals surface area (Å²) in [5, 5.41) is 6.15. The first-order valence-corrected chi connectivity index (χ1v) is 6.81. The molecular weight excluding hydrogens is 220 g/mol. The molecule has 1 aromatic carbocycles. The van der Waals surface area contributed by atoms with Crippen LogP contribution in [0, 0.1) is 5.92 Å². The van der Waals surface area contributed by atoms with Gasteiger partial charge in [0.2, 0.25) is 0 Å². The Morgan fingerprint density at radius 1 is 1.17 bits per heavy atom. The van der Waals surface area contributed by atoms with Crippen LogP contribution in [0.4, 0.5) is 0 Å². The highest BCUT2D eigenvalue weighted by atomic mass is 14.9. The summed E-state index contributed by atoms with van der Waals surface area (Å²) in [4.78, 5) is 4.62. The standard InChI is InChI=1S/C16H22N2/c1-4-10-17-15(12(2)3)16-14-8-6-5-7-13(14)9-11-18-16/h5-9,11-12,15,17H,4,10H2,1-3H3. The molecule has 0 bridgehead atoms. The SMILES string of the molecule is CCCNC(c1nccc2ccccc12)C(C)C. The molecule has 0 spiro atoms. The monoisotopic (exact) mass is 242 g/mol. The van der Waals surface area contributed by atoms with Gasteiger partial charge in [-0.05, 0) is 30.3 Å². The predicted octanol–water partition coefficient (Wildman–Crippen LogP) is 3.93. The molecule has 2 nitrogen and oxygen atoms in total. The van der Waals surface area contributed by atoms with E-state index in [0.29, 0.717) is 12.0 Å². The minimum Gasteiger partial charge on any atom is -0.308 e. The van der Waals surface area contributed by atoms with Crippen LogP contribution in [0.1, 0.15) is 38.9 Å². The van der Waals surface area contributed by atoms with Gasteiger partial charge in [0.25, 0.3) is 0 Å². The van der Waals surface area contributed by atoms with Crippen LogP contribution < -0.4 is 5.32 Å². The van der Waals surface area contributed by atoms with Crippen molar-refractivity contribution in [3.63, 3.8) is 0 Å². The van der Waals surface area contributed by atoms with E-state index in [1.54, 1.807) is 0 Å². The van der Waals surface area contributed by atoms with E-state index in [0.717, 1.165) is 13.0 Å². The van der Waals surface area contributed by atoms with Crippen molar-refractivity contribution in [2.24, 2.45) is 5.92 Å². The minimum absolute atomic E-state index is 0.330. The summed E-state index contributed by atoms with van der Waals surface area (Å²) >= 11 is 0. The highest BCUT2D eigenvalue weighted by Gasteiger charge is 2.18. The van der Waals surface area contributed by atoms with Gasteiger partial charge in [0.05, 0.1) is 11.7 Å². The second-order valence-electron chi connectivity index (χ2n) is 5.09.